The third-order valence-corrected chi connectivity index (χ3v) is 6.50. The Morgan fingerprint density at radius 2 is 1.86 bits per heavy atom. The van der Waals surface area contributed by atoms with Gasteiger partial charge in [0.05, 0.1) is 5.75 Å². The van der Waals surface area contributed by atoms with Crippen molar-refractivity contribution in [2.45, 2.75) is 18.2 Å². The highest BCUT2D eigenvalue weighted by Gasteiger charge is 2.18. The average Bonchev–Trinajstić information content (AvgIpc) is 3.11. The lowest BCUT2D eigenvalue weighted by atomic mass is 10.1. The number of hydrogen-bond acceptors (Lipinski definition) is 3. The molecule has 6 nitrogen and oxygen atoms in total. The van der Waals surface area contributed by atoms with Crippen LogP contribution in [0.5, 0.6) is 0 Å². The van der Waals surface area contributed by atoms with E-state index in [-0.39, 0.29) is 17.2 Å². The van der Waals surface area contributed by atoms with Gasteiger partial charge >= 0.3 is 0 Å². The van der Waals surface area contributed by atoms with Gasteiger partial charge in [-0.3, -0.25) is 4.99 Å². The highest BCUT2D eigenvalue weighted by Crippen LogP contribution is 2.21. The Bertz CT molecular complexity index is 1120. The van der Waals surface area contributed by atoms with Gasteiger partial charge in [0.1, 0.15) is 10.7 Å². The van der Waals surface area contributed by atoms with Crippen molar-refractivity contribution in [2.24, 2.45) is 4.99 Å². The van der Waals surface area contributed by atoms with Gasteiger partial charge in [0.25, 0.3) is 0 Å². The summed E-state index contributed by atoms with van der Waals surface area (Å²) in [5.41, 5.74) is 3.55. The SMILES string of the molecule is CN=C(NCCc1c[nH]c2c(C)cccc12)NCCS(=O)(=O)c1ccccc1F. The predicted molar refractivity (Wildman–Crippen MR) is 115 cm³/mol. The van der Waals surface area contributed by atoms with Gasteiger partial charge < -0.3 is 15.6 Å². The largest absolute Gasteiger partial charge is 0.361 e. The van der Waals surface area contributed by atoms with Gasteiger partial charge in [-0.15, -0.1) is 0 Å². The molecule has 29 heavy (non-hydrogen) atoms. The molecule has 1 heterocycles. The zero-order chi connectivity index (χ0) is 20.9. The molecule has 0 radical (unpaired) electrons. The first-order chi connectivity index (χ1) is 13.9. The number of guanidine groups is 1. The first kappa shape index (κ1) is 20.9. The molecule has 0 atom stereocenters. The molecular weight excluding hydrogens is 391 g/mol. The lowest BCUT2D eigenvalue weighted by Crippen LogP contribution is -2.40. The van der Waals surface area contributed by atoms with E-state index in [1.54, 1.807) is 7.05 Å². The summed E-state index contributed by atoms with van der Waals surface area (Å²) in [6.07, 6.45) is 2.80. The molecule has 0 bridgehead atoms. The molecule has 0 spiro atoms. The fourth-order valence-corrected chi connectivity index (χ4v) is 4.46. The summed E-state index contributed by atoms with van der Waals surface area (Å²) in [5.74, 6) is -0.454. The van der Waals surface area contributed by atoms with Crippen LogP contribution in [0.3, 0.4) is 0 Å². The maximum Gasteiger partial charge on any atom is 0.191 e. The second-order valence-electron chi connectivity index (χ2n) is 6.74. The van der Waals surface area contributed by atoms with E-state index >= 15 is 0 Å². The van der Waals surface area contributed by atoms with E-state index in [0.717, 1.165) is 18.0 Å². The van der Waals surface area contributed by atoms with Crippen molar-refractivity contribution in [1.29, 1.82) is 0 Å². The number of nitrogens with one attached hydrogen (secondary N) is 3. The van der Waals surface area contributed by atoms with E-state index in [9.17, 15) is 12.8 Å². The molecule has 8 heteroatoms. The molecule has 2 aromatic carbocycles. The third-order valence-electron chi connectivity index (χ3n) is 4.75. The van der Waals surface area contributed by atoms with E-state index in [2.05, 4.69) is 39.7 Å². The van der Waals surface area contributed by atoms with Gasteiger partial charge in [-0.05, 0) is 36.6 Å². The molecule has 0 amide bonds. The smallest absolute Gasteiger partial charge is 0.191 e. The van der Waals surface area contributed by atoms with Crippen LogP contribution in [0.2, 0.25) is 0 Å². The van der Waals surface area contributed by atoms with Crippen LogP contribution in [0.1, 0.15) is 11.1 Å². The molecule has 3 rings (SSSR count). The summed E-state index contributed by atoms with van der Waals surface area (Å²) in [7, 11) is -2.08. The summed E-state index contributed by atoms with van der Waals surface area (Å²) in [4.78, 5) is 7.14. The number of aryl methyl sites for hydroxylation is 1. The van der Waals surface area contributed by atoms with Crippen LogP contribution in [0.15, 0.2) is 58.5 Å². The van der Waals surface area contributed by atoms with Crippen molar-refractivity contribution in [2.75, 3.05) is 25.9 Å². The highest BCUT2D eigenvalue weighted by atomic mass is 32.2. The Balaban J connectivity index is 1.51. The molecule has 1 aromatic heterocycles. The number of hydrogen-bond donors (Lipinski definition) is 3. The Hall–Kier alpha value is -2.87. The Morgan fingerprint density at radius 3 is 2.62 bits per heavy atom. The number of para-hydroxylation sites is 1. The van der Waals surface area contributed by atoms with Crippen LogP contribution < -0.4 is 10.6 Å². The lowest BCUT2D eigenvalue weighted by Gasteiger charge is -2.12. The van der Waals surface area contributed by atoms with Gasteiger partial charge in [-0.2, -0.15) is 0 Å². The first-order valence-corrected chi connectivity index (χ1v) is 11.0. The number of benzene rings is 2. The van der Waals surface area contributed by atoms with Gasteiger partial charge in [0.15, 0.2) is 15.8 Å². The maximum absolute atomic E-state index is 13.7. The monoisotopic (exact) mass is 416 g/mol. The fraction of sp³-hybridized carbons (Fsp3) is 0.286. The average molecular weight is 417 g/mol. The maximum atomic E-state index is 13.7. The number of aliphatic imine (C=N–C) groups is 1. The molecule has 3 aromatic rings. The topological polar surface area (TPSA) is 86.3 Å². The van der Waals surface area contributed by atoms with Crippen molar-refractivity contribution in [1.82, 2.24) is 15.6 Å². The molecular formula is C21H25FN4O2S. The van der Waals surface area contributed by atoms with Crippen LogP contribution in [0.25, 0.3) is 10.9 Å². The van der Waals surface area contributed by atoms with Gasteiger partial charge in [0.2, 0.25) is 0 Å². The number of aromatic nitrogens is 1. The number of aromatic amines is 1. The number of sulfone groups is 1. The Morgan fingerprint density at radius 1 is 1.10 bits per heavy atom. The van der Waals surface area contributed by atoms with E-state index in [4.69, 9.17) is 0 Å². The predicted octanol–water partition coefficient (Wildman–Crippen LogP) is 2.80. The molecule has 0 aliphatic carbocycles. The van der Waals surface area contributed by atoms with E-state index < -0.39 is 15.7 Å². The molecule has 0 saturated heterocycles. The van der Waals surface area contributed by atoms with E-state index in [1.165, 1.54) is 34.7 Å². The van der Waals surface area contributed by atoms with E-state index in [0.29, 0.717) is 12.5 Å². The zero-order valence-electron chi connectivity index (χ0n) is 16.5. The van der Waals surface area contributed by atoms with E-state index in [1.807, 2.05) is 12.3 Å². The number of halogens is 1. The minimum absolute atomic E-state index is 0.128. The van der Waals surface area contributed by atoms with Crippen molar-refractivity contribution in [3.63, 3.8) is 0 Å². The molecule has 3 N–H and O–H groups in total. The molecule has 0 unspecified atom stereocenters. The van der Waals surface area contributed by atoms with Crippen LogP contribution in [0, 0.1) is 12.7 Å². The second kappa shape index (κ2) is 9.09. The normalized spacial score (nSPS) is 12.3. The van der Waals surface area contributed by atoms with Crippen LogP contribution in [-0.2, 0) is 16.3 Å². The molecule has 0 saturated carbocycles. The summed E-state index contributed by atoms with van der Waals surface area (Å²) in [6.45, 7) is 2.84. The molecule has 0 aliphatic heterocycles. The van der Waals surface area contributed by atoms with Crippen LogP contribution >= 0.6 is 0 Å². The fourth-order valence-electron chi connectivity index (χ4n) is 3.22. The van der Waals surface area contributed by atoms with Crippen molar-refractivity contribution in [3.8, 4) is 0 Å². The van der Waals surface area contributed by atoms with Gasteiger partial charge in [0, 0.05) is 37.2 Å². The number of rotatable bonds is 7. The molecule has 154 valence electrons. The highest BCUT2D eigenvalue weighted by molar-refractivity contribution is 7.91. The Kier molecular flexibility index (Phi) is 6.53. The minimum Gasteiger partial charge on any atom is -0.361 e. The van der Waals surface area contributed by atoms with Crippen molar-refractivity contribution in [3.05, 3.63) is 65.6 Å². The van der Waals surface area contributed by atoms with Crippen LogP contribution in [-0.4, -0.2) is 45.3 Å². The lowest BCUT2D eigenvalue weighted by molar-refractivity contribution is 0.566. The second-order valence-corrected chi connectivity index (χ2v) is 8.81. The molecule has 0 fully saturated rings. The Labute approximate surface area is 170 Å². The van der Waals surface area contributed by atoms with Gasteiger partial charge in [-0.1, -0.05) is 30.3 Å². The van der Waals surface area contributed by atoms with Crippen LogP contribution in [0.4, 0.5) is 4.39 Å². The van der Waals surface area contributed by atoms with Crippen molar-refractivity contribution < 1.29 is 12.8 Å². The molecule has 0 aliphatic rings. The zero-order valence-corrected chi connectivity index (χ0v) is 17.3. The quantitative estimate of drug-likeness (QED) is 0.408. The summed E-state index contributed by atoms with van der Waals surface area (Å²) in [5, 5.41) is 7.35. The number of nitrogens with zero attached hydrogens (tertiary/aromatic N) is 1. The standard InChI is InChI=1S/C21H25FN4O2S/c1-15-6-5-7-17-16(14-26-20(15)17)10-11-24-21(23-2)25-12-13-29(27,28)19-9-4-3-8-18(19)22/h3-9,14,26H,10-13H2,1-2H3,(H2,23,24,25). The summed E-state index contributed by atoms with van der Waals surface area (Å²) >= 11 is 0. The van der Waals surface area contributed by atoms with Gasteiger partial charge in [-0.25, -0.2) is 12.8 Å². The first-order valence-electron chi connectivity index (χ1n) is 9.40. The third kappa shape index (κ3) is 4.95. The number of H-pyrrole nitrogens is 1. The number of fused-ring (bicyclic) bond motifs is 1. The summed E-state index contributed by atoms with van der Waals surface area (Å²) < 4.78 is 38.3. The minimum atomic E-state index is -3.70. The van der Waals surface area contributed by atoms with Crippen molar-refractivity contribution >= 4 is 26.7 Å². The summed E-state index contributed by atoms with van der Waals surface area (Å²) in [6, 6.07) is 11.6.